The molecule has 1 aromatic carbocycles. The molecule has 0 aromatic heterocycles. The summed E-state index contributed by atoms with van der Waals surface area (Å²) >= 11 is 4.02. The van der Waals surface area contributed by atoms with Crippen LogP contribution in [0.1, 0.15) is 5.56 Å². The van der Waals surface area contributed by atoms with Gasteiger partial charge in [-0.1, -0.05) is 0 Å². The van der Waals surface area contributed by atoms with Crippen molar-refractivity contribution in [3.63, 3.8) is 0 Å². The maximum Gasteiger partial charge on any atom is 0.127 e. The molecule has 0 heterocycles. The maximum atomic E-state index is 13.0. The molecule has 4 heteroatoms. The number of nitrogens with zero attached hydrogens (tertiary/aromatic N) is 1. The van der Waals surface area contributed by atoms with E-state index in [1.165, 1.54) is 6.07 Å². The van der Waals surface area contributed by atoms with Gasteiger partial charge in [-0.15, -0.1) is 0 Å². The summed E-state index contributed by atoms with van der Waals surface area (Å²) in [5, 5.41) is 0. The SMILES string of the molecule is CN(CS)Cc1cc(F)ccc1F. The topological polar surface area (TPSA) is 3.24 Å². The van der Waals surface area contributed by atoms with Crippen molar-refractivity contribution in [2.24, 2.45) is 0 Å². The van der Waals surface area contributed by atoms with Gasteiger partial charge in [0.15, 0.2) is 0 Å². The fourth-order valence-corrected chi connectivity index (χ4v) is 1.11. The van der Waals surface area contributed by atoms with E-state index in [1.54, 1.807) is 11.9 Å². The van der Waals surface area contributed by atoms with E-state index in [2.05, 4.69) is 12.6 Å². The predicted molar refractivity (Wildman–Crippen MR) is 51.7 cm³/mol. The third-order valence-corrected chi connectivity index (χ3v) is 2.17. The molecule has 0 spiro atoms. The number of hydrogen-bond donors (Lipinski definition) is 1. The molecule has 13 heavy (non-hydrogen) atoms. The third-order valence-electron chi connectivity index (χ3n) is 1.69. The lowest BCUT2D eigenvalue weighted by molar-refractivity contribution is 0.377. The van der Waals surface area contributed by atoms with Gasteiger partial charge in [0.05, 0.1) is 0 Å². The molecule has 0 amide bonds. The first kappa shape index (κ1) is 10.5. The van der Waals surface area contributed by atoms with E-state index in [0.29, 0.717) is 18.0 Å². The molecule has 0 N–H and O–H groups in total. The minimum atomic E-state index is -0.413. The van der Waals surface area contributed by atoms with E-state index >= 15 is 0 Å². The van der Waals surface area contributed by atoms with Gasteiger partial charge in [0.1, 0.15) is 11.6 Å². The maximum absolute atomic E-state index is 13.0. The predicted octanol–water partition coefficient (Wildman–Crippen LogP) is 2.28. The zero-order valence-electron chi connectivity index (χ0n) is 7.30. The minimum absolute atomic E-state index is 0.358. The fourth-order valence-electron chi connectivity index (χ4n) is 1.01. The van der Waals surface area contributed by atoms with Crippen LogP contribution in [0, 0.1) is 11.6 Å². The van der Waals surface area contributed by atoms with E-state index in [1.807, 2.05) is 0 Å². The second kappa shape index (κ2) is 4.58. The van der Waals surface area contributed by atoms with Crippen molar-refractivity contribution >= 4 is 12.6 Å². The van der Waals surface area contributed by atoms with Gasteiger partial charge in [-0.25, -0.2) is 8.78 Å². The standard InChI is InChI=1S/C9H11F2NS/c1-12(6-13)5-7-4-8(10)2-3-9(7)11/h2-4,13H,5-6H2,1H3. The van der Waals surface area contributed by atoms with Crippen LogP contribution in [0.15, 0.2) is 18.2 Å². The molecular weight excluding hydrogens is 192 g/mol. The molecule has 0 radical (unpaired) electrons. The smallest absolute Gasteiger partial charge is 0.127 e. The first-order valence-corrected chi connectivity index (χ1v) is 4.50. The minimum Gasteiger partial charge on any atom is -0.293 e. The first-order valence-electron chi connectivity index (χ1n) is 3.87. The van der Waals surface area contributed by atoms with Crippen LogP contribution < -0.4 is 0 Å². The normalized spacial score (nSPS) is 10.8. The largest absolute Gasteiger partial charge is 0.293 e. The quantitative estimate of drug-likeness (QED) is 0.582. The zero-order chi connectivity index (χ0) is 9.84. The number of benzene rings is 1. The monoisotopic (exact) mass is 203 g/mol. The Balaban J connectivity index is 2.81. The molecule has 0 aliphatic rings. The highest BCUT2D eigenvalue weighted by Crippen LogP contribution is 2.11. The number of thiol groups is 1. The van der Waals surface area contributed by atoms with Crippen LogP contribution >= 0.6 is 12.6 Å². The molecule has 0 aliphatic carbocycles. The molecule has 0 aliphatic heterocycles. The van der Waals surface area contributed by atoms with E-state index in [9.17, 15) is 8.78 Å². The van der Waals surface area contributed by atoms with Gasteiger partial charge in [-0.2, -0.15) is 12.6 Å². The number of rotatable bonds is 3. The summed E-state index contributed by atoms with van der Waals surface area (Å²) in [6, 6.07) is 3.45. The molecule has 0 saturated carbocycles. The molecule has 0 saturated heterocycles. The Kier molecular flexibility index (Phi) is 3.69. The van der Waals surface area contributed by atoms with E-state index in [-0.39, 0.29) is 5.82 Å². The Bertz CT molecular complexity index is 291. The van der Waals surface area contributed by atoms with Gasteiger partial charge in [0.2, 0.25) is 0 Å². The summed E-state index contributed by atoms with van der Waals surface area (Å²) in [5.41, 5.74) is 0.358. The lowest BCUT2D eigenvalue weighted by Crippen LogP contribution is -2.16. The van der Waals surface area contributed by atoms with Crippen LogP contribution in [0.4, 0.5) is 8.78 Å². The summed E-state index contributed by atoms with van der Waals surface area (Å²) in [4.78, 5) is 1.78. The van der Waals surface area contributed by atoms with Crippen LogP contribution in [0.2, 0.25) is 0 Å². The third kappa shape index (κ3) is 2.97. The molecule has 0 atom stereocenters. The van der Waals surface area contributed by atoms with E-state index in [4.69, 9.17) is 0 Å². The highest BCUT2D eigenvalue weighted by Gasteiger charge is 2.05. The van der Waals surface area contributed by atoms with Crippen molar-refractivity contribution in [2.75, 3.05) is 12.9 Å². The summed E-state index contributed by atoms with van der Waals surface area (Å²) in [6.45, 7) is 0.368. The Labute approximate surface area is 81.8 Å². The van der Waals surface area contributed by atoms with Crippen LogP contribution in [0.25, 0.3) is 0 Å². The van der Waals surface area contributed by atoms with Gasteiger partial charge in [0, 0.05) is 18.0 Å². The van der Waals surface area contributed by atoms with Crippen molar-refractivity contribution in [1.82, 2.24) is 4.90 Å². The summed E-state index contributed by atoms with van der Waals surface area (Å²) in [7, 11) is 1.79. The van der Waals surface area contributed by atoms with Crippen molar-refractivity contribution in [2.45, 2.75) is 6.54 Å². The molecular formula is C9H11F2NS. The Morgan fingerprint density at radius 3 is 2.69 bits per heavy atom. The van der Waals surface area contributed by atoms with Gasteiger partial charge >= 0.3 is 0 Å². The van der Waals surface area contributed by atoms with Crippen LogP contribution in [0.5, 0.6) is 0 Å². The molecule has 1 rings (SSSR count). The van der Waals surface area contributed by atoms with E-state index < -0.39 is 5.82 Å². The summed E-state index contributed by atoms with van der Waals surface area (Å²) < 4.78 is 25.7. The fraction of sp³-hybridized carbons (Fsp3) is 0.333. The van der Waals surface area contributed by atoms with Gasteiger partial charge < -0.3 is 0 Å². The van der Waals surface area contributed by atoms with Gasteiger partial charge in [-0.05, 0) is 25.2 Å². The highest BCUT2D eigenvalue weighted by molar-refractivity contribution is 7.80. The average Bonchev–Trinajstić information content (AvgIpc) is 2.11. The molecule has 0 fully saturated rings. The number of hydrogen-bond acceptors (Lipinski definition) is 2. The Morgan fingerprint density at radius 2 is 2.08 bits per heavy atom. The van der Waals surface area contributed by atoms with Crippen molar-refractivity contribution in [3.05, 3.63) is 35.4 Å². The zero-order valence-corrected chi connectivity index (χ0v) is 8.19. The second-order valence-electron chi connectivity index (χ2n) is 2.89. The first-order chi connectivity index (χ1) is 6.13. The average molecular weight is 203 g/mol. The van der Waals surface area contributed by atoms with Crippen molar-refractivity contribution < 1.29 is 8.78 Å². The lowest BCUT2D eigenvalue weighted by atomic mass is 10.2. The van der Waals surface area contributed by atoms with Crippen molar-refractivity contribution in [3.8, 4) is 0 Å². The summed E-state index contributed by atoms with van der Waals surface area (Å²) in [6.07, 6.45) is 0. The van der Waals surface area contributed by atoms with Crippen LogP contribution in [0.3, 0.4) is 0 Å². The van der Waals surface area contributed by atoms with Gasteiger partial charge in [-0.3, -0.25) is 4.90 Å². The Hall–Kier alpha value is -0.610. The van der Waals surface area contributed by atoms with E-state index in [0.717, 1.165) is 12.1 Å². The molecule has 1 nitrogen and oxygen atoms in total. The van der Waals surface area contributed by atoms with Crippen LogP contribution in [-0.4, -0.2) is 17.8 Å². The molecule has 1 aromatic rings. The number of halogens is 2. The second-order valence-corrected chi connectivity index (χ2v) is 3.17. The highest BCUT2D eigenvalue weighted by atomic mass is 32.1. The molecule has 0 bridgehead atoms. The summed E-state index contributed by atoms with van der Waals surface area (Å²) in [5.74, 6) is -0.283. The molecule has 72 valence electrons. The lowest BCUT2D eigenvalue weighted by Gasteiger charge is -2.13. The van der Waals surface area contributed by atoms with Crippen LogP contribution in [-0.2, 0) is 6.54 Å². The Morgan fingerprint density at radius 1 is 1.38 bits per heavy atom. The molecule has 0 unspecified atom stereocenters. The van der Waals surface area contributed by atoms with Crippen molar-refractivity contribution in [1.29, 1.82) is 0 Å². The van der Waals surface area contributed by atoms with Gasteiger partial charge in [0.25, 0.3) is 0 Å².